The minimum atomic E-state index is -1.06. The second-order valence-corrected chi connectivity index (χ2v) is 6.19. The highest BCUT2D eigenvalue weighted by Gasteiger charge is 2.67. The van der Waals surface area contributed by atoms with E-state index in [1.54, 1.807) is 24.4 Å². The molecule has 5 heteroatoms. The molecule has 3 rings (SSSR count). The molecule has 20 heavy (non-hydrogen) atoms. The number of rotatable bonds is 3. The zero-order valence-electron chi connectivity index (χ0n) is 10.5. The second kappa shape index (κ2) is 5.08. The molecule has 1 aliphatic carbocycles. The molecule has 1 aromatic carbocycles. The summed E-state index contributed by atoms with van der Waals surface area (Å²) in [5.74, 6) is -0.353. The topological polar surface area (TPSA) is 42.0 Å². The highest BCUT2D eigenvalue weighted by atomic mass is 35.5. The number of alkyl halides is 2. The monoisotopic (exact) mass is 306 g/mol. The van der Waals surface area contributed by atoms with Crippen molar-refractivity contribution in [2.24, 2.45) is 5.92 Å². The standard InChI is InChI=1S/C15H12Cl2N2O/c16-15(17)12(10-6-2-1-3-7-10)13(15)14(20)19-11-8-4-5-9-18-11/h1-9,12-13H,(H,18,19,20)/t12-,13-/m0/s1. The van der Waals surface area contributed by atoms with Crippen LogP contribution >= 0.6 is 23.2 Å². The van der Waals surface area contributed by atoms with Crippen molar-refractivity contribution in [2.45, 2.75) is 10.3 Å². The number of hydrogen-bond donors (Lipinski definition) is 1. The summed E-state index contributed by atoms with van der Waals surface area (Å²) in [6.07, 6.45) is 1.62. The van der Waals surface area contributed by atoms with E-state index in [0.29, 0.717) is 5.82 Å². The van der Waals surface area contributed by atoms with E-state index in [4.69, 9.17) is 23.2 Å². The lowest BCUT2D eigenvalue weighted by Gasteiger charge is -2.03. The summed E-state index contributed by atoms with van der Waals surface area (Å²) in [6.45, 7) is 0. The van der Waals surface area contributed by atoms with E-state index >= 15 is 0 Å². The van der Waals surface area contributed by atoms with Gasteiger partial charge in [-0.05, 0) is 17.7 Å². The van der Waals surface area contributed by atoms with E-state index in [1.165, 1.54) is 0 Å². The summed E-state index contributed by atoms with van der Waals surface area (Å²) in [5.41, 5.74) is 0.971. The molecule has 1 amide bonds. The Morgan fingerprint density at radius 3 is 2.45 bits per heavy atom. The molecule has 0 unspecified atom stereocenters. The summed E-state index contributed by atoms with van der Waals surface area (Å²) in [5, 5.41) is 2.74. The fourth-order valence-corrected chi connectivity index (χ4v) is 3.20. The number of halogens is 2. The number of nitrogens with zero attached hydrogens (tertiary/aromatic N) is 1. The molecule has 0 aliphatic heterocycles. The lowest BCUT2D eigenvalue weighted by Crippen LogP contribution is -2.17. The van der Waals surface area contributed by atoms with E-state index in [0.717, 1.165) is 5.56 Å². The molecule has 3 nitrogen and oxygen atoms in total. The summed E-state index contributed by atoms with van der Waals surface area (Å²) in [7, 11) is 0. The van der Waals surface area contributed by atoms with Crippen molar-refractivity contribution >= 4 is 34.9 Å². The maximum atomic E-state index is 12.3. The third-order valence-corrected chi connectivity index (χ3v) is 4.35. The van der Waals surface area contributed by atoms with Crippen molar-refractivity contribution in [3.63, 3.8) is 0 Å². The number of carbonyl (C=O) groups is 1. The first kappa shape index (κ1) is 13.4. The number of aromatic nitrogens is 1. The van der Waals surface area contributed by atoms with Crippen LogP contribution in [0.25, 0.3) is 0 Å². The Kier molecular flexibility index (Phi) is 3.40. The molecule has 102 valence electrons. The van der Waals surface area contributed by atoms with Crippen LogP contribution in [-0.2, 0) is 4.79 Å². The van der Waals surface area contributed by atoms with Crippen molar-refractivity contribution in [1.29, 1.82) is 0 Å². The Morgan fingerprint density at radius 2 is 1.80 bits per heavy atom. The first-order valence-corrected chi connectivity index (χ1v) is 7.01. The van der Waals surface area contributed by atoms with Gasteiger partial charge in [-0.25, -0.2) is 4.98 Å². The van der Waals surface area contributed by atoms with Crippen LogP contribution in [0.1, 0.15) is 11.5 Å². The molecular weight excluding hydrogens is 295 g/mol. The number of amides is 1. The van der Waals surface area contributed by atoms with Gasteiger partial charge in [0.25, 0.3) is 0 Å². The molecule has 1 N–H and O–H groups in total. The van der Waals surface area contributed by atoms with Gasteiger partial charge < -0.3 is 5.32 Å². The highest BCUT2D eigenvalue weighted by molar-refractivity contribution is 6.53. The predicted octanol–water partition coefficient (Wildman–Crippen LogP) is 3.61. The number of anilines is 1. The first-order valence-electron chi connectivity index (χ1n) is 6.25. The normalized spacial score (nSPS) is 23.1. The average molecular weight is 307 g/mol. The zero-order chi connectivity index (χ0) is 14.2. The van der Waals surface area contributed by atoms with Gasteiger partial charge in [0.05, 0.1) is 5.92 Å². The highest BCUT2D eigenvalue weighted by Crippen LogP contribution is 2.65. The van der Waals surface area contributed by atoms with Gasteiger partial charge in [-0.1, -0.05) is 36.4 Å². The Hall–Kier alpha value is -1.58. The molecule has 1 aliphatic rings. The van der Waals surface area contributed by atoms with Gasteiger partial charge in [0.2, 0.25) is 5.91 Å². The summed E-state index contributed by atoms with van der Waals surface area (Å²) >= 11 is 12.5. The lowest BCUT2D eigenvalue weighted by atomic mass is 10.1. The van der Waals surface area contributed by atoms with Crippen LogP contribution in [0.4, 0.5) is 5.82 Å². The van der Waals surface area contributed by atoms with Crippen LogP contribution in [0.3, 0.4) is 0 Å². The zero-order valence-corrected chi connectivity index (χ0v) is 12.0. The van der Waals surface area contributed by atoms with Crippen molar-refractivity contribution < 1.29 is 4.79 Å². The van der Waals surface area contributed by atoms with Crippen LogP contribution in [0.5, 0.6) is 0 Å². The summed E-state index contributed by atoms with van der Waals surface area (Å²) in [4.78, 5) is 16.3. The van der Waals surface area contributed by atoms with Gasteiger partial charge in [-0.15, -0.1) is 23.2 Å². The number of benzene rings is 1. The minimum Gasteiger partial charge on any atom is -0.310 e. The molecule has 0 radical (unpaired) electrons. The molecule has 2 atom stereocenters. The Balaban J connectivity index is 1.76. The molecule has 1 heterocycles. The molecule has 2 aromatic rings. The Morgan fingerprint density at radius 1 is 1.10 bits per heavy atom. The smallest absolute Gasteiger partial charge is 0.232 e. The molecule has 0 spiro atoms. The maximum Gasteiger partial charge on any atom is 0.232 e. The number of nitrogens with one attached hydrogen (secondary N) is 1. The molecule has 0 saturated heterocycles. The van der Waals surface area contributed by atoms with Crippen LogP contribution in [0, 0.1) is 5.92 Å². The van der Waals surface area contributed by atoms with Crippen molar-refractivity contribution in [3.8, 4) is 0 Å². The van der Waals surface area contributed by atoms with Crippen LogP contribution in [0.2, 0.25) is 0 Å². The number of hydrogen-bond acceptors (Lipinski definition) is 2. The summed E-state index contributed by atoms with van der Waals surface area (Å²) in [6, 6.07) is 14.9. The molecule has 1 aromatic heterocycles. The van der Waals surface area contributed by atoms with E-state index in [2.05, 4.69) is 10.3 Å². The van der Waals surface area contributed by atoms with Crippen LogP contribution in [-0.4, -0.2) is 15.2 Å². The van der Waals surface area contributed by atoms with E-state index in [-0.39, 0.29) is 11.8 Å². The number of carbonyl (C=O) groups excluding carboxylic acids is 1. The van der Waals surface area contributed by atoms with Crippen molar-refractivity contribution in [1.82, 2.24) is 4.98 Å². The quantitative estimate of drug-likeness (QED) is 0.880. The minimum absolute atomic E-state index is 0.184. The first-order chi connectivity index (χ1) is 9.60. The third kappa shape index (κ3) is 2.39. The Labute approximate surface area is 126 Å². The number of pyridine rings is 1. The van der Waals surface area contributed by atoms with Gasteiger partial charge in [-0.3, -0.25) is 4.79 Å². The predicted molar refractivity (Wildman–Crippen MR) is 80.0 cm³/mol. The second-order valence-electron chi connectivity index (χ2n) is 4.74. The molecule has 1 saturated carbocycles. The van der Waals surface area contributed by atoms with Gasteiger partial charge in [0, 0.05) is 12.1 Å². The fraction of sp³-hybridized carbons (Fsp3) is 0.200. The molecule has 1 fully saturated rings. The van der Waals surface area contributed by atoms with Crippen LogP contribution < -0.4 is 5.32 Å². The fourth-order valence-electron chi connectivity index (χ4n) is 2.37. The third-order valence-electron chi connectivity index (χ3n) is 3.41. The van der Waals surface area contributed by atoms with Gasteiger partial charge in [0.15, 0.2) is 0 Å². The average Bonchev–Trinajstić information content (AvgIpc) is 3.04. The molecule has 0 bridgehead atoms. The van der Waals surface area contributed by atoms with Crippen molar-refractivity contribution in [3.05, 3.63) is 60.3 Å². The van der Waals surface area contributed by atoms with E-state index in [1.807, 2.05) is 30.3 Å². The summed E-state index contributed by atoms with van der Waals surface area (Å²) < 4.78 is -1.06. The lowest BCUT2D eigenvalue weighted by molar-refractivity contribution is -0.117. The van der Waals surface area contributed by atoms with Crippen molar-refractivity contribution in [2.75, 3.05) is 5.32 Å². The Bertz CT molecular complexity index is 616. The molecular formula is C15H12Cl2N2O. The largest absolute Gasteiger partial charge is 0.310 e. The van der Waals surface area contributed by atoms with E-state index in [9.17, 15) is 4.79 Å². The van der Waals surface area contributed by atoms with Gasteiger partial charge >= 0.3 is 0 Å². The van der Waals surface area contributed by atoms with E-state index < -0.39 is 10.3 Å². The van der Waals surface area contributed by atoms with Gasteiger partial charge in [-0.2, -0.15) is 0 Å². The SMILES string of the molecule is O=C(Nc1ccccn1)[C@@H]1[C@H](c2ccccc2)C1(Cl)Cl. The maximum absolute atomic E-state index is 12.3. The van der Waals surface area contributed by atoms with Crippen LogP contribution in [0.15, 0.2) is 54.7 Å². The van der Waals surface area contributed by atoms with Gasteiger partial charge in [0.1, 0.15) is 10.2 Å².